The smallest absolute Gasteiger partial charge is 0.114 e. The normalized spacial score (nSPS) is 12.8. The summed E-state index contributed by atoms with van der Waals surface area (Å²) in [5, 5.41) is 11.0. The molecule has 0 aliphatic carbocycles. The van der Waals surface area contributed by atoms with E-state index in [4.69, 9.17) is 11.6 Å². The van der Waals surface area contributed by atoms with Gasteiger partial charge in [-0.15, -0.1) is 11.3 Å². The van der Waals surface area contributed by atoms with Crippen LogP contribution in [-0.2, 0) is 0 Å². The molecule has 1 unspecified atom stereocenters. The molecule has 17 heavy (non-hydrogen) atoms. The number of rotatable bonds is 2. The Hall–Kier alpha value is 0.130. The Balaban J connectivity index is 2.40. The van der Waals surface area contributed by atoms with Crippen molar-refractivity contribution < 1.29 is 5.11 Å². The van der Waals surface area contributed by atoms with Crippen molar-refractivity contribution in [2.75, 3.05) is 0 Å². The summed E-state index contributed by atoms with van der Waals surface area (Å²) in [5.74, 6) is 0. The lowest BCUT2D eigenvalue weighted by atomic mass is 10.1. The molecule has 0 fully saturated rings. The van der Waals surface area contributed by atoms with Crippen molar-refractivity contribution in [1.82, 2.24) is 0 Å². The van der Waals surface area contributed by atoms with Crippen molar-refractivity contribution >= 4 is 54.8 Å². The van der Waals surface area contributed by atoms with Gasteiger partial charge in [-0.3, -0.25) is 0 Å². The quantitative estimate of drug-likeness (QED) is 0.729. The van der Waals surface area contributed by atoms with Gasteiger partial charge in [-0.1, -0.05) is 17.7 Å². The summed E-state index contributed by atoms with van der Waals surface area (Å²) >= 11 is 14.3. The summed E-state index contributed by atoms with van der Waals surface area (Å²) in [6.45, 7) is 2.02. The van der Waals surface area contributed by atoms with Crippen LogP contribution in [0.3, 0.4) is 0 Å². The van der Waals surface area contributed by atoms with E-state index in [2.05, 4.69) is 31.9 Å². The van der Waals surface area contributed by atoms with Gasteiger partial charge in [0.05, 0.1) is 9.90 Å². The third-order valence-electron chi connectivity index (χ3n) is 2.34. The van der Waals surface area contributed by atoms with Gasteiger partial charge in [0.2, 0.25) is 0 Å². The zero-order valence-electron chi connectivity index (χ0n) is 8.88. The van der Waals surface area contributed by atoms with Gasteiger partial charge in [0.1, 0.15) is 6.10 Å². The molecule has 1 atom stereocenters. The Morgan fingerprint density at radius 3 is 2.47 bits per heavy atom. The van der Waals surface area contributed by atoms with Gasteiger partial charge in [0, 0.05) is 13.8 Å². The third-order valence-corrected chi connectivity index (χ3v) is 5.58. The number of aliphatic hydroxyl groups is 1. The van der Waals surface area contributed by atoms with Gasteiger partial charge >= 0.3 is 0 Å². The number of hydrogen-bond acceptors (Lipinski definition) is 2. The molecular formula is C12H9Br2ClOS. The molecule has 90 valence electrons. The maximum atomic E-state index is 10.3. The topological polar surface area (TPSA) is 20.2 Å². The average Bonchev–Trinajstić information content (AvgIpc) is 2.61. The van der Waals surface area contributed by atoms with Crippen molar-refractivity contribution in [1.29, 1.82) is 0 Å². The Morgan fingerprint density at radius 2 is 1.94 bits per heavy atom. The Morgan fingerprint density at radius 1 is 1.24 bits per heavy atom. The SMILES string of the molecule is Cc1cc(Br)c(C(O)c2ccc(Cl)c(Br)c2)s1. The van der Waals surface area contributed by atoms with Crippen molar-refractivity contribution in [3.8, 4) is 0 Å². The van der Waals surface area contributed by atoms with Crippen LogP contribution in [-0.4, -0.2) is 5.11 Å². The molecule has 0 bridgehead atoms. The monoisotopic (exact) mass is 394 g/mol. The number of thiophene rings is 1. The van der Waals surface area contributed by atoms with Gasteiger partial charge in [-0.05, 0) is 62.5 Å². The first-order valence-corrected chi connectivity index (χ1v) is 7.66. The summed E-state index contributed by atoms with van der Waals surface area (Å²) in [4.78, 5) is 2.08. The summed E-state index contributed by atoms with van der Waals surface area (Å²) in [5.41, 5.74) is 0.823. The lowest BCUT2D eigenvalue weighted by molar-refractivity contribution is 0.223. The molecule has 1 N–H and O–H groups in total. The molecule has 2 aromatic rings. The van der Waals surface area contributed by atoms with E-state index in [1.54, 1.807) is 17.4 Å². The van der Waals surface area contributed by atoms with E-state index in [1.807, 2.05) is 25.1 Å². The van der Waals surface area contributed by atoms with Crippen molar-refractivity contribution in [2.24, 2.45) is 0 Å². The summed E-state index contributed by atoms with van der Waals surface area (Å²) in [6.07, 6.45) is -0.628. The number of hydrogen-bond donors (Lipinski definition) is 1. The molecule has 0 amide bonds. The minimum absolute atomic E-state index is 0.628. The van der Waals surface area contributed by atoms with Crippen LogP contribution in [0.25, 0.3) is 0 Å². The highest BCUT2D eigenvalue weighted by Crippen LogP contribution is 2.37. The van der Waals surface area contributed by atoms with E-state index >= 15 is 0 Å². The molecule has 1 heterocycles. The molecule has 5 heteroatoms. The van der Waals surface area contributed by atoms with Crippen LogP contribution in [0, 0.1) is 6.92 Å². The number of benzene rings is 1. The van der Waals surface area contributed by atoms with E-state index < -0.39 is 6.10 Å². The van der Waals surface area contributed by atoms with E-state index in [9.17, 15) is 5.11 Å². The van der Waals surface area contributed by atoms with Gasteiger partial charge in [-0.25, -0.2) is 0 Å². The first-order chi connectivity index (χ1) is 7.99. The second-order valence-electron chi connectivity index (χ2n) is 3.65. The zero-order valence-corrected chi connectivity index (χ0v) is 13.6. The fourth-order valence-electron chi connectivity index (χ4n) is 1.52. The van der Waals surface area contributed by atoms with Crippen molar-refractivity contribution in [2.45, 2.75) is 13.0 Å². The van der Waals surface area contributed by atoms with E-state index in [1.165, 1.54) is 4.88 Å². The highest BCUT2D eigenvalue weighted by atomic mass is 79.9. The van der Waals surface area contributed by atoms with Crippen LogP contribution >= 0.6 is 54.8 Å². The predicted molar refractivity (Wildman–Crippen MR) is 80.0 cm³/mol. The van der Waals surface area contributed by atoms with Crippen molar-refractivity contribution in [3.05, 3.63) is 53.6 Å². The second kappa shape index (κ2) is 5.41. The van der Waals surface area contributed by atoms with E-state index in [0.717, 1.165) is 19.4 Å². The minimum Gasteiger partial charge on any atom is -0.383 e. The molecule has 0 aliphatic rings. The Kier molecular flexibility index (Phi) is 4.31. The maximum Gasteiger partial charge on any atom is 0.114 e. The Labute approximate surface area is 126 Å². The first-order valence-electron chi connectivity index (χ1n) is 4.88. The molecule has 0 aliphatic heterocycles. The number of halogens is 3. The fraction of sp³-hybridized carbons (Fsp3) is 0.167. The van der Waals surface area contributed by atoms with Gasteiger partial charge in [0.25, 0.3) is 0 Å². The van der Waals surface area contributed by atoms with Gasteiger partial charge in [-0.2, -0.15) is 0 Å². The maximum absolute atomic E-state index is 10.3. The van der Waals surface area contributed by atoms with Gasteiger partial charge < -0.3 is 5.11 Å². The lowest BCUT2D eigenvalue weighted by Crippen LogP contribution is -1.97. The molecule has 0 saturated carbocycles. The lowest BCUT2D eigenvalue weighted by Gasteiger charge is -2.11. The predicted octanol–water partition coefficient (Wildman–Crippen LogP) is 5.32. The van der Waals surface area contributed by atoms with Crippen LogP contribution < -0.4 is 0 Å². The molecule has 1 nitrogen and oxygen atoms in total. The van der Waals surface area contributed by atoms with Crippen LogP contribution in [0.4, 0.5) is 0 Å². The summed E-state index contributed by atoms with van der Waals surface area (Å²) in [7, 11) is 0. The Bertz CT molecular complexity index is 553. The molecule has 2 rings (SSSR count). The standard InChI is InChI=1S/C12H9Br2ClOS/c1-6-4-9(14)12(17-6)11(16)7-2-3-10(15)8(13)5-7/h2-5,11,16H,1H3. The third kappa shape index (κ3) is 2.93. The minimum atomic E-state index is -0.628. The zero-order chi connectivity index (χ0) is 12.6. The van der Waals surface area contributed by atoms with Gasteiger partial charge in [0.15, 0.2) is 0 Å². The number of aryl methyl sites for hydroxylation is 1. The highest BCUT2D eigenvalue weighted by molar-refractivity contribution is 9.10. The van der Waals surface area contributed by atoms with Crippen LogP contribution in [0.2, 0.25) is 5.02 Å². The molecular weight excluding hydrogens is 387 g/mol. The summed E-state index contributed by atoms with van der Waals surface area (Å²) in [6, 6.07) is 7.46. The largest absolute Gasteiger partial charge is 0.383 e. The average molecular weight is 397 g/mol. The van der Waals surface area contributed by atoms with Crippen LogP contribution in [0.1, 0.15) is 21.4 Å². The van der Waals surface area contributed by atoms with Crippen LogP contribution in [0.5, 0.6) is 0 Å². The molecule has 1 aromatic heterocycles. The molecule has 1 aromatic carbocycles. The fourth-order valence-corrected chi connectivity index (χ4v) is 3.92. The van der Waals surface area contributed by atoms with Crippen molar-refractivity contribution in [3.63, 3.8) is 0 Å². The summed E-state index contributed by atoms with van der Waals surface area (Å²) < 4.78 is 1.73. The highest BCUT2D eigenvalue weighted by Gasteiger charge is 2.17. The van der Waals surface area contributed by atoms with E-state index in [0.29, 0.717) is 5.02 Å². The van der Waals surface area contributed by atoms with Crippen LogP contribution in [0.15, 0.2) is 33.2 Å². The molecule has 0 radical (unpaired) electrons. The molecule has 0 spiro atoms. The van der Waals surface area contributed by atoms with E-state index in [-0.39, 0.29) is 0 Å². The number of aliphatic hydroxyl groups excluding tert-OH is 1. The second-order valence-corrected chi connectivity index (χ2v) is 7.05. The first kappa shape index (κ1) is 13.6. The molecule has 0 saturated heterocycles.